The van der Waals surface area contributed by atoms with Gasteiger partial charge in [-0.05, 0) is 48.4 Å². The second kappa shape index (κ2) is 8.88. The number of para-hydroxylation sites is 1. The number of benzene rings is 2. The Morgan fingerprint density at radius 3 is 2.35 bits per heavy atom. The molecule has 0 aliphatic rings. The molecule has 2 aromatic carbocycles. The minimum Gasteiger partial charge on any atom is -0.491 e. The highest BCUT2D eigenvalue weighted by Crippen LogP contribution is 2.22. The fourth-order valence-electron chi connectivity index (χ4n) is 2.75. The van der Waals surface area contributed by atoms with Gasteiger partial charge in [-0.3, -0.25) is 4.79 Å². The second-order valence-corrected chi connectivity index (χ2v) is 7.99. The van der Waals surface area contributed by atoms with Crippen LogP contribution >= 0.6 is 0 Å². The van der Waals surface area contributed by atoms with E-state index in [2.05, 4.69) is 50.4 Å². The van der Waals surface area contributed by atoms with Crippen molar-refractivity contribution in [1.82, 2.24) is 5.32 Å². The lowest BCUT2D eigenvalue weighted by Gasteiger charge is -2.19. The Morgan fingerprint density at radius 1 is 1.08 bits per heavy atom. The molecule has 26 heavy (non-hydrogen) atoms. The van der Waals surface area contributed by atoms with E-state index in [-0.39, 0.29) is 17.4 Å². The largest absolute Gasteiger partial charge is 0.491 e. The normalized spacial score (nSPS) is 12.5. The number of hydrogen-bond donors (Lipinski definition) is 1. The number of hydrogen-bond acceptors (Lipinski definition) is 2. The van der Waals surface area contributed by atoms with Crippen molar-refractivity contribution in [3.05, 3.63) is 65.2 Å². The average Bonchev–Trinajstić information content (AvgIpc) is 2.59. The van der Waals surface area contributed by atoms with Crippen molar-refractivity contribution in [2.45, 2.75) is 58.9 Å². The van der Waals surface area contributed by atoms with Gasteiger partial charge >= 0.3 is 0 Å². The molecule has 3 heteroatoms. The maximum atomic E-state index is 12.2. The molecule has 1 N–H and O–H groups in total. The minimum atomic E-state index is -0.0228. The number of aryl methyl sites for hydroxylation is 2. The smallest absolute Gasteiger partial charge is 0.220 e. The summed E-state index contributed by atoms with van der Waals surface area (Å²) >= 11 is 0. The van der Waals surface area contributed by atoms with E-state index in [4.69, 9.17) is 4.74 Å². The van der Waals surface area contributed by atoms with Gasteiger partial charge in [-0.2, -0.15) is 0 Å². The lowest BCUT2D eigenvalue weighted by Crippen LogP contribution is -2.36. The van der Waals surface area contributed by atoms with Crippen LogP contribution < -0.4 is 10.1 Å². The number of rotatable bonds is 7. The molecule has 0 saturated heterocycles. The van der Waals surface area contributed by atoms with Gasteiger partial charge in [0.2, 0.25) is 5.91 Å². The van der Waals surface area contributed by atoms with E-state index >= 15 is 0 Å². The van der Waals surface area contributed by atoms with Crippen LogP contribution in [0.25, 0.3) is 0 Å². The monoisotopic (exact) mass is 353 g/mol. The Balaban J connectivity index is 1.75. The molecule has 2 aromatic rings. The highest BCUT2D eigenvalue weighted by Gasteiger charge is 2.13. The fraction of sp³-hybridized carbons (Fsp3) is 0.435. The molecular weight excluding hydrogens is 322 g/mol. The molecule has 0 saturated carbocycles. The molecule has 0 heterocycles. The molecular formula is C23H31NO2. The first kappa shape index (κ1) is 20.0. The van der Waals surface area contributed by atoms with Crippen LogP contribution in [0.4, 0.5) is 0 Å². The second-order valence-electron chi connectivity index (χ2n) is 7.99. The molecule has 1 amide bonds. The van der Waals surface area contributed by atoms with Crippen LogP contribution in [0.2, 0.25) is 0 Å². The molecule has 0 radical (unpaired) electrons. The summed E-state index contributed by atoms with van der Waals surface area (Å²) in [5.41, 5.74) is 3.76. The van der Waals surface area contributed by atoms with Crippen molar-refractivity contribution >= 4 is 5.91 Å². The van der Waals surface area contributed by atoms with Crippen LogP contribution in [0.3, 0.4) is 0 Å². The molecule has 3 nitrogen and oxygen atoms in total. The number of nitrogens with one attached hydrogen (secondary N) is 1. The first-order valence-electron chi connectivity index (χ1n) is 9.33. The van der Waals surface area contributed by atoms with Crippen LogP contribution in [0.1, 0.15) is 50.8 Å². The lowest BCUT2D eigenvalue weighted by atomic mass is 9.86. The van der Waals surface area contributed by atoms with E-state index in [0.717, 1.165) is 17.7 Å². The predicted molar refractivity (Wildman–Crippen MR) is 108 cm³/mol. The van der Waals surface area contributed by atoms with Gasteiger partial charge < -0.3 is 10.1 Å². The topological polar surface area (TPSA) is 38.3 Å². The third-order valence-electron chi connectivity index (χ3n) is 4.45. The Morgan fingerprint density at radius 2 is 1.73 bits per heavy atom. The molecule has 0 bridgehead atoms. The zero-order valence-electron chi connectivity index (χ0n) is 16.6. The highest BCUT2D eigenvalue weighted by atomic mass is 16.5. The zero-order chi connectivity index (χ0) is 19.2. The Hall–Kier alpha value is -2.29. The van der Waals surface area contributed by atoms with Crippen LogP contribution in [0, 0.1) is 6.92 Å². The summed E-state index contributed by atoms with van der Waals surface area (Å²) in [4.78, 5) is 12.2. The molecule has 0 fully saturated rings. The SMILES string of the molecule is Cc1ccccc1OC[C@@H](C)NC(=O)CCc1ccc(C(C)(C)C)cc1. The van der Waals surface area contributed by atoms with Crippen LogP contribution in [-0.2, 0) is 16.6 Å². The minimum absolute atomic E-state index is 0.0228. The molecule has 0 unspecified atom stereocenters. The average molecular weight is 354 g/mol. The zero-order valence-corrected chi connectivity index (χ0v) is 16.6. The first-order valence-corrected chi connectivity index (χ1v) is 9.33. The summed E-state index contributed by atoms with van der Waals surface area (Å²) in [5, 5.41) is 3.01. The summed E-state index contributed by atoms with van der Waals surface area (Å²) < 4.78 is 5.79. The van der Waals surface area contributed by atoms with Crippen molar-refractivity contribution in [3.63, 3.8) is 0 Å². The van der Waals surface area contributed by atoms with Gasteiger partial charge in [-0.25, -0.2) is 0 Å². The summed E-state index contributed by atoms with van der Waals surface area (Å²) in [6, 6.07) is 16.5. The summed E-state index contributed by atoms with van der Waals surface area (Å²) in [6.07, 6.45) is 1.24. The number of carbonyl (C=O) groups excluding carboxylic acids is 1. The van der Waals surface area contributed by atoms with Crippen molar-refractivity contribution in [3.8, 4) is 5.75 Å². The van der Waals surface area contributed by atoms with Crippen molar-refractivity contribution < 1.29 is 9.53 Å². The Kier molecular flexibility index (Phi) is 6.84. The predicted octanol–water partition coefficient (Wildman–Crippen LogP) is 4.81. The van der Waals surface area contributed by atoms with Crippen molar-refractivity contribution in [2.75, 3.05) is 6.61 Å². The van der Waals surface area contributed by atoms with E-state index in [1.807, 2.05) is 38.1 Å². The number of ether oxygens (including phenoxy) is 1. The van der Waals surface area contributed by atoms with E-state index in [1.165, 1.54) is 11.1 Å². The van der Waals surface area contributed by atoms with Gasteiger partial charge in [0.15, 0.2) is 0 Å². The number of carbonyl (C=O) groups is 1. The first-order chi connectivity index (χ1) is 12.3. The van der Waals surface area contributed by atoms with Gasteiger partial charge in [-0.15, -0.1) is 0 Å². The van der Waals surface area contributed by atoms with Gasteiger partial charge in [0.05, 0.1) is 6.04 Å². The third kappa shape index (κ3) is 6.21. The van der Waals surface area contributed by atoms with E-state index in [0.29, 0.717) is 13.0 Å². The quantitative estimate of drug-likeness (QED) is 0.776. The summed E-state index contributed by atoms with van der Waals surface area (Å²) in [5.74, 6) is 0.929. The van der Waals surface area contributed by atoms with Crippen LogP contribution in [0.5, 0.6) is 5.75 Å². The van der Waals surface area contributed by atoms with E-state index in [9.17, 15) is 4.79 Å². The van der Waals surface area contributed by atoms with Crippen LogP contribution in [-0.4, -0.2) is 18.6 Å². The lowest BCUT2D eigenvalue weighted by molar-refractivity contribution is -0.121. The summed E-state index contributed by atoms with van der Waals surface area (Å²) in [7, 11) is 0. The summed E-state index contributed by atoms with van der Waals surface area (Å²) in [6.45, 7) is 11.1. The molecule has 1 atom stereocenters. The van der Waals surface area contributed by atoms with Gasteiger partial charge in [0.25, 0.3) is 0 Å². The number of amides is 1. The van der Waals surface area contributed by atoms with E-state index in [1.54, 1.807) is 0 Å². The molecule has 0 spiro atoms. The van der Waals surface area contributed by atoms with Gasteiger partial charge in [0.1, 0.15) is 12.4 Å². The Bertz CT molecular complexity index is 714. The molecule has 140 valence electrons. The maximum absolute atomic E-state index is 12.2. The molecule has 0 aliphatic carbocycles. The van der Waals surface area contributed by atoms with Gasteiger partial charge in [0, 0.05) is 6.42 Å². The van der Waals surface area contributed by atoms with E-state index < -0.39 is 0 Å². The highest BCUT2D eigenvalue weighted by molar-refractivity contribution is 5.76. The molecule has 2 rings (SSSR count). The fourth-order valence-corrected chi connectivity index (χ4v) is 2.75. The van der Waals surface area contributed by atoms with Crippen molar-refractivity contribution in [2.24, 2.45) is 0 Å². The maximum Gasteiger partial charge on any atom is 0.220 e. The third-order valence-corrected chi connectivity index (χ3v) is 4.45. The standard InChI is InChI=1S/C23H31NO2/c1-17-8-6-7-9-21(17)26-16-18(2)24-22(25)15-12-19-10-13-20(14-11-19)23(3,4)5/h6-11,13-14,18H,12,15-16H2,1-5H3,(H,24,25)/t18-/m1/s1. The van der Waals surface area contributed by atoms with Gasteiger partial charge in [-0.1, -0.05) is 63.2 Å². The molecule has 0 aliphatic heterocycles. The Labute approximate surface area is 157 Å². The molecule has 0 aromatic heterocycles. The van der Waals surface area contributed by atoms with Crippen molar-refractivity contribution in [1.29, 1.82) is 0 Å². The van der Waals surface area contributed by atoms with Crippen LogP contribution in [0.15, 0.2) is 48.5 Å².